The highest BCUT2D eigenvalue weighted by Gasteiger charge is 2.20. The Hall–Kier alpha value is -1.59. The predicted octanol–water partition coefficient (Wildman–Crippen LogP) is 24.2. The van der Waals surface area contributed by atoms with E-state index < -0.39 is 6.10 Å². The summed E-state index contributed by atoms with van der Waals surface area (Å²) in [6.07, 6.45) is 71.1. The van der Waals surface area contributed by atoms with Gasteiger partial charge in [0.25, 0.3) is 0 Å². The van der Waals surface area contributed by atoms with Gasteiger partial charge in [0.15, 0.2) is 6.10 Å². The van der Waals surface area contributed by atoms with Gasteiger partial charge in [-0.2, -0.15) is 0 Å². The van der Waals surface area contributed by atoms with Crippen LogP contribution in [0.1, 0.15) is 408 Å². The number of rotatable bonds is 65. The zero-order valence-corrected chi connectivity index (χ0v) is 54.0. The van der Waals surface area contributed by atoms with E-state index in [0.717, 1.165) is 75.5 Å². The van der Waals surface area contributed by atoms with Crippen molar-refractivity contribution in [1.82, 2.24) is 0 Å². The fourth-order valence-corrected chi connectivity index (χ4v) is 11.3. The highest BCUT2D eigenvalue weighted by Crippen LogP contribution is 2.20. The highest BCUT2D eigenvalue weighted by molar-refractivity contribution is 5.71. The quantitative estimate of drug-likeness (QED) is 0.0343. The molecular formula is C72H140O6. The first-order valence-corrected chi connectivity index (χ1v) is 35.6. The van der Waals surface area contributed by atoms with E-state index in [1.807, 2.05) is 0 Å². The topological polar surface area (TPSA) is 78.9 Å². The molecular weight excluding hydrogens is 961 g/mol. The van der Waals surface area contributed by atoms with Gasteiger partial charge in [0.1, 0.15) is 13.2 Å². The lowest BCUT2D eigenvalue weighted by Gasteiger charge is -2.18. The summed E-state index contributed by atoms with van der Waals surface area (Å²) < 4.78 is 17.0. The molecule has 1 unspecified atom stereocenters. The van der Waals surface area contributed by atoms with Crippen LogP contribution in [0.3, 0.4) is 0 Å². The van der Waals surface area contributed by atoms with Crippen molar-refractivity contribution in [3.8, 4) is 0 Å². The molecule has 0 saturated heterocycles. The van der Waals surface area contributed by atoms with Gasteiger partial charge >= 0.3 is 17.9 Å². The van der Waals surface area contributed by atoms with Gasteiger partial charge in [-0.1, -0.05) is 369 Å². The fraction of sp³-hybridized carbons (Fsp3) is 0.958. The van der Waals surface area contributed by atoms with Crippen molar-refractivity contribution in [2.24, 2.45) is 17.8 Å². The first kappa shape index (κ1) is 76.4. The molecule has 0 rings (SSSR count). The summed E-state index contributed by atoms with van der Waals surface area (Å²) in [4.78, 5) is 38.5. The monoisotopic (exact) mass is 1100 g/mol. The molecule has 0 radical (unpaired) electrons. The van der Waals surface area contributed by atoms with E-state index in [0.29, 0.717) is 19.3 Å². The molecule has 0 bridgehead atoms. The van der Waals surface area contributed by atoms with Gasteiger partial charge in [0.05, 0.1) is 0 Å². The lowest BCUT2D eigenvalue weighted by Crippen LogP contribution is -2.30. The smallest absolute Gasteiger partial charge is 0.306 e. The average Bonchev–Trinajstić information content (AvgIpc) is 3.42. The minimum Gasteiger partial charge on any atom is -0.462 e. The normalized spacial score (nSPS) is 12.5. The lowest BCUT2D eigenvalue weighted by atomic mass is 9.99. The maximum atomic E-state index is 13.0. The SMILES string of the molecule is CCC(C)CCCCCCCCCCCCCCCCCCCCC(=O)OC[C@H](COC(=O)CCCCCCCCCCCCCCCCCCCCC(C)C)OC(=O)CCCCCCCCCCCCCCCCC(C)C. The van der Waals surface area contributed by atoms with Gasteiger partial charge in [-0.25, -0.2) is 0 Å². The Morgan fingerprint density at radius 1 is 0.256 bits per heavy atom. The molecule has 6 heteroatoms. The summed E-state index contributed by atoms with van der Waals surface area (Å²) in [5, 5.41) is 0. The Morgan fingerprint density at radius 3 is 0.667 bits per heavy atom. The molecule has 0 heterocycles. The Morgan fingerprint density at radius 2 is 0.449 bits per heavy atom. The number of unbranched alkanes of at least 4 members (excludes halogenated alkanes) is 47. The van der Waals surface area contributed by atoms with Crippen LogP contribution in [0, 0.1) is 17.8 Å². The third-order valence-corrected chi connectivity index (χ3v) is 17.0. The summed E-state index contributed by atoms with van der Waals surface area (Å²) in [5.74, 6) is 1.79. The molecule has 0 amide bonds. The van der Waals surface area contributed by atoms with Gasteiger partial charge in [-0.15, -0.1) is 0 Å². The van der Waals surface area contributed by atoms with Gasteiger partial charge in [0.2, 0.25) is 0 Å². The number of esters is 3. The largest absolute Gasteiger partial charge is 0.462 e. The van der Waals surface area contributed by atoms with Crippen LogP contribution in [0.5, 0.6) is 0 Å². The van der Waals surface area contributed by atoms with Crippen molar-refractivity contribution < 1.29 is 28.6 Å². The van der Waals surface area contributed by atoms with E-state index in [4.69, 9.17) is 14.2 Å². The average molecular weight is 1100 g/mol. The molecule has 0 aromatic rings. The van der Waals surface area contributed by atoms with E-state index in [9.17, 15) is 14.4 Å². The fourth-order valence-electron chi connectivity index (χ4n) is 11.3. The van der Waals surface area contributed by atoms with Gasteiger partial charge in [-0.3, -0.25) is 14.4 Å². The standard InChI is InChI=1S/C72H140O6/c1-7-68(6)60-54-48-42-36-30-24-17-13-9-11-15-19-26-32-38-44-50-56-62-71(74)77-65-69(78-72(75)63-57-51-45-39-33-27-21-20-23-29-35-41-47-53-59-67(4)5)64-76-70(73)61-55-49-43-37-31-25-18-14-10-8-12-16-22-28-34-40-46-52-58-66(2)3/h66-69H,7-65H2,1-6H3/t68?,69-/m0/s1. The molecule has 0 aliphatic carbocycles. The second kappa shape index (κ2) is 63.0. The highest BCUT2D eigenvalue weighted by atomic mass is 16.6. The summed E-state index contributed by atoms with van der Waals surface area (Å²) in [6, 6.07) is 0. The summed E-state index contributed by atoms with van der Waals surface area (Å²) in [7, 11) is 0. The molecule has 464 valence electrons. The van der Waals surface area contributed by atoms with Gasteiger partial charge < -0.3 is 14.2 Å². The van der Waals surface area contributed by atoms with Crippen molar-refractivity contribution >= 4 is 17.9 Å². The molecule has 2 atom stereocenters. The zero-order valence-electron chi connectivity index (χ0n) is 54.0. The van der Waals surface area contributed by atoms with Crippen molar-refractivity contribution in [3.63, 3.8) is 0 Å². The van der Waals surface area contributed by atoms with E-state index in [2.05, 4.69) is 41.5 Å². The van der Waals surface area contributed by atoms with Crippen LogP contribution in [0.25, 0.3) is 0 Å². The van der Waals surface area contributed by atoms with Crippen molar-refractivity contribution in [3.05, 3.63) is 0 Å². The Kier molecular flexibility index (Phi) is 61.7. The van der Waals surface area contributed by atoms with Crippen molar-refractivity contribution in [1.29, 1.82) is 0 Å². The van der Waals surface area contributed by atoms with Crippen LogP contribution in [-0.2, 0) is 28.6 Å². The van der Waals surface area contributed by atoms with Crippen molar-refractivity contribution in [2.75, 3.05) is 13.2 Å². The first-order chi connectivity index (χ1) is 38.1. The Balaban J connectivity index is 4.26. The molecule has 0 aliphatic heterocycles. The van der Waals surface area contributed by atoms with E-state index in [1.165, 1.54) is 289 Å². The molecule has 0 aromatic carbocycles. The minimum atomic E-state index is -0.765. The maximum absolute atomic E-state index is 13.0. The molecule has 0 aliphatic rings. The zero-order chi connectivity index (χ0) is 56.9. The maximum Gasteiger partial charge on any atom is 0.306 e. The third kappa shape index (κ3) is 63.6. The molecule has 78 heavy (non-hydrogen) atoms. The number of hydrogen-bond donors (Lipinski definition) is 0. The summed E-state index contributed by atoms with van der Waals surface area (Å²) in [5.41, 5.74) is 0. The van der Waals surface area contributed by atoms with Crippen LogP contribution < -0.4 is 0 Å². The molecule has 0 spiro atoms. The van der Waals surface area contributed by atoms with E-state index in [-0.39, 0.29) is 31.1 Å². The number of carbonyl (C=O) groups excluding carboxylic acids is 3. The molecule has 0 fully saturated rings. The minimum absolute atomic E-state index is 0.0617. The predicted molar refractivity (Wildman–Crippen MR) is 339 cm³/mol. The van der Waals surface area contributed by atoms with E-state index in [1.54, 1.807) is 0 Å². The summed E-state index contributed by atoms with van der Waals surface area (Å²) >= 11 is 0. The van der Waals surface area contributed by atoms with E-state index >= 15 is 0 Å². The molecule has 0 aromatic heterocycles. The lowest BCUT2D eigenvalue weighted by molar-refractivity contribution is -0.167. The van der Waals surface area contributed by atoms with Crippen LogP contribution >= 0.6 is 0 Å². The molecule has 0 N–H and O–H groups in total. The Bertz CT molecular complexity index is 1210. The number of carbonyl (C=O) groups is 3. The van der Waals surface area contributed by atoms with Crippen LogP contribution in [0.2, 0.25) is 0 Å². The second-order valence-electron chi connectivity index (χ2n) is 26.1. The third-order valence-electron chi connectivity index (χ3n) is 17.0. The van der Waals surface area contributed by atoms with Crippen LogP contribution in [-0.4, -0.2) is 37.2 Å². The first-order valence-electron chi connectivity index (χ1n) is 35.6. The number of ether oxygens (including phenoxy) is 3. The number of hydrogen-bond acceptors (Lipinski definition) is 6. The molecule has 0 saturated carbocycles. The van der Waals surface area contributed by atoms with Gasteiger partial charge in [0, 0.05) is 19.3 Å². The van der Waals surface area contributed by atoms with Gasteiger partial charge in [-0.05, 0) is 37.0 Å². The summed E-state index contributed by atoms with van der Waals surface area (Å²) in [6.45, 7) is 13.9. The molecule has 6 nitrogen and oxygen atoms in total. The second-order valence-corrected chi connectivity index (χ2v) is 26.1. The van der Waals surface area contributed by atoms with Crippen LogP contribution in [0.4, 0.5) is 0 Å². The van der Waals surface area contributed by atoms with Crippen LogP contribution in [0.15, 0.2) is 0 Å². The Labute approximate surface area is 488 Å². The van der Waals surface area contributed by atoms with Crippen molar-refractivity contribution in [2.45, 2.75) is 414 Å².